The summed E-state index contributed by atoms with van der Waals surface area (Å²) in [5, 5.41) is 11.6. The minimum atomic E-state index is -0.541. The molecule has 2 aromatic carbocycles. The van der Waals surface area contributed by atoms with Crippen molar-refractivity contribution in [3.8, 4) is 11.5 Å². The molecule has 0 saturated carbocycles. The molecule has 2 aliphatic rings. The maximum absolute atomic E-state index is 13.3. The second kappa shape index (κ2) is 11.8. The molecule has 2 heterocycles. The Hall–Kier alpha value is -2.78. The van der Waals surface area contributed by atoms with Crippen molar-refractivity contribution in [2.75, 3.05) is 19.0 Å². The summed E-state index contributed by atoms with van der Waals surface area (Å²) in [5.74, 6) is 1.90. The van der Waals surface area contributed by atoms with E-state index in [2.05, 4.69) is 34.7 Å². The van der Waals surface area contributed by atoms with Gasteiger partial charge in [0.1, 0.15) is 12.3 Å². The Morgan fingerprint density at radius 3 is 2.83 bits per heavy atom. The van der Waals surface area contributed by atoms with E-state index in [-0.39, 0.29) is 5.91 Å². The highest BCUT2D eigenvalue weighted by molar-refractivity contribution is 9.10. The molecule has 0 aliphatic carbocycles. The van der Waals surface area contributed by atoms with Gasteiger partial charge in [0, 0.05) is 16.5 Å². The van der Waals surface area contributed by atoms with Crippen LogP contribution in [-0.2, 0) is 4.79 Å². The first kappa shape index (κ1) is 25.3. The van der Waals surface area contributed by atoms with Crippen LogP contribution in [0.2, 0.25) is 0 Å². The fraction of sp³-hybridized carbons (Fsp3) is 0.346. The van der Waals surface area contributed by atoms with Crippen molar-refractivity contribution in [3.05, 3.63) is 69.7 Å². The Morgan fingerprint density at radius 2 is 2.06 bits per heavy atom. The fourth-order valence-corrected chi connectivity index (χ4v) is 5.34. The predicted octanol–water partition coefficient (Wildman–Crippen LogP) is 4.48. The first-order valence-corrected chi connectivity index (χ1v) is 13.5. The smallest absolute Gasteiger partial charge is 0.276 e. The summed E-state index contributed by atoms with van der Waals surface area (Å²) < 4.78 is 12.5. The molecule has 0 saturated heterocycles. The number of carbonyl (C=O) groups is 1. The monoisotopic (exact) mass is 556 g/mol. The molecule has 184 valence electrons. The highest BCUT2D eigenvalue weighted by Gasteiger charge is 2.35. The van der Waals surface area contributed by atoms with Gasteiger partial charge in [-0.1, -0.05) is 62.4 Å². The molecular formula is C26H29BrN4O3S. The Bertz CT molecular complexity index is 1260. The van der Waals surface area contributed by atoms with Crippen LogP contribution in [0.15, 0.2) is 63.6 Å². The SMILES string of the molecule is C=CCOc1c(Br)cc([C@H]2N=c3ccccc3=C3C(=O)NC(SCCCCC)=NN32)cc1OCC. The quantitative estimate of drug-likeness (QED) is 0.345. The van der Waals surface area contributed by atoms with Gasteiger partial charge in [-0.25, -0.2) is 5.01 Å². The topological polar surface area (TPSA) is 75.5 Å². The van der Waals surface area contributed by atoms with Gasteiger partial charge in [-0.05, 0) is 47.5 Å². The zero-order valence-corrected chi connectivity index (χ0v) is 22.3. The van der Waals surface area contributed by atoms with E-state index < -0.39 is 6.17 Å². The van der Waals surface area contributed by atoms with Crippen molar-refractivity contribution in [3.63, 3.8) is 0 Å². The first-order chi connectivity index (χ1) is 17.1. The number of fused-ring (bicyclic) bond motifs is 2. The average molecular weight is 558 g/mol. The van der Waals surface area contributed by atoms with Crippen molar-refractivity contribution in [2.45, 2.75) is 39.3 Å². The second-order valence-corrected chi connectivity index (χ2v) is 9.93. The summed E-state index contributed by atoms with van der Waals surface area (Å²) >= 11 is 5.19. The van der Waals surface area contributed by atoms with Crippen LogP contribution in [0.5, 0.6) is 11.5 Å². The number of benzene rings is 2. The number of hydrogen-bond acceptors (Lipinski definition) is 7. The minimum absolute atomic E-state index is 0.180. The predicted molar refractivity (Wildman–Crippen MR) is 144 cm³/mol. The van der Waals surface area contributed by atoms with Crippen LogP contribution in [-0.4, -0.2) is 35.1 Å². The number of ether oxygens (including phenoxy) is 2. The van der Waals surface area contributed by atoms with E-state index in [9.17, 15) is 4.79 Å². The van der Waals surface area contributed by atoms with E-state index in [1.807, 2.05) is 43.3 Å². The number of para-hydroxylation sites is 1. The maximum Gasteiger partial charge on any atom is 0.276 e. The van der Waals surface area contributed by atoms with E-state index in [4.69, 9.17) is 19.6 Å². The largest absolute Gasteiger partial charge is 0.490 e. The van der Waals surface area contributed by atoms with Crippen molar-refractivity contribution in [1.82, 2.24) is 10.3 Å². The van der Waals surface area contributed by atoms with Crippen molar-refractivity contribution in [1.29, 1.82) is 0 Å². The lowest BCUT2D eigenvalue weighted by Gasteiger charge is -2.34. The van der Waals surface area contributed by atoms with E-state index in [0.29, 0.717) is 35.6 Å². The molecule has 1 N–H and O–H groups in total. The van der Waals surface area contributed by atoms with Gasteiger partial charge in [-0.15, -0.1) is 5.10 Å². The summed E-state index contributed by atoms with van der Waals surface area (Å²) in [4.78, 5) is 18.3. The Kier molecular flexibility index (Phi) is 8.51. The van der Waals surface area contributed by atoms with Gasteiger partial charge in [0.2, 0.25) is 0 Å². The Morgan fingerprint density at radius 1 is 1.23 bits per heavy atom. The van der Waals surface area contributed by atoms with Gasteiger partial charge in [-0.3, -0.25) is 15.1 Å². The van der Waals surface area contributed by atoms with Gasteiger partial charge in [0.15, 0.2) is 22.8 Å². The lowest BCUT2D eigenvalue weighted by atomic mass is 10.1. The van der Waals surface area contributed by atoms with E-state index >= 15 is 0 Å². The standard InChI is InChI=1S/C26H29BrN4O3S/c1-4-7-10-14-35-26-29-25(32)22-18-11-8-9-12-20(18)28-24(31(22)30-26)17-15-19(27)23(34-13-5-2)21(16-17)33-6-3/h5,8-9,11-12,15-16,24H,2,4,6-7,10,13-14H2,1,3H3,(H,29,30,32)/t24-/m0/s1. The number of halogens is 1. The molecule has 0 radical (unpaired) electrons. The van der Waals surface area contributed by atoms with E-state index in [0.717, 1.165) is 45.6 Å². The average Bonchev–Trinajstić information content (AvgIpc) is 2.85. The lowest BCUT2D eigenvalue weighted by molar-refractivity contribution is -0.116. The third-order valence-electron chi connectivity index (χ3n) is 5.48. The Labute approximate surface area is 218 Å². The zero-order valence-electron chi connectivity index (χ0n) is 19.9. The van der Waals surface area contributed by atoms with Crippen LogP contribution in [0.4, 0.5) is 0 Å². The number of carbonyl (C=O) groups excluding carboxylic acids is 1. The molecule has 4 rings (SSSR count). The van der Waals surface area contributed by atoms with Crippen LogP contribution >= 0.6 is 27.7 Å². The van der Waals surface area contributed by atoms with Gasteiger partial charge >= 0.3 is 0 Å². The van der Waals surface area contributed by atoms with Gasteiger partial charge in [0.05, 0.1) is 16.4 Å². The van der Waals surface area contributed by atoms with Crippen molar-refractivity contribution < 1.29 is 14.3 Å². The van der Waals surface area contributed by atoms with E-state index in [1.54, 1.807) is 22.8 Å². The molecule has 7 nitrogen and oxygen atoms in total. The van der Waals surface area contributed by atoms with Crippen LogP contribution < -0.4 is 25.4 Å². The Balaban J connectivity index is 1.80. The molecule has 0 spiro atoms. The molecule has 1 amide bonds. The molecule has 9 heteroatoms. The third kappa shape index (κ3) is 5.56. The van der Waals surface area contributed by atoms with E-state index in [1.165, 1.54) is 0 Å². The van der Waals surface area contributed by atoms with Gasteiger partial charge in [-0.2, -0.15) is 0 Å². The minimum Gasteiger partial charge on any atom is -0.490 e. The number of hydrazone groups is 1. The summed E-state index contributed by atoms with van der Waals surface area (Å²) in [7, 11) is 0. The number of thioether (sulfide) groups is 1. The molecule has 1 atom stereocenters. The number of nitrogens with zero attached hydrogens (tertiary/aromatic N) is 3. The molecule has 2 aliphatic heterocycles. The molecule has 0 aromatic heterocycles. The van der Waals surface area contributed by atoms with Gasteiger partial charge in [0.25, 0.3) is 5.91 Å². The highest BCUT2D eigenvalue weighted by atomic mass is 79.9. The number of amidine groups is 1. The second-order valence-electron chi connectivity index (χ2n) is 7.99. The molecule has 0 unspecified atom stereocenters. The highest BCUT2D eigenvalue weighted by Crippen LogP contribution is 2.41. The number of hydrogen-bond donors (Lipinski definition) is 1. The number of amides is 1. The fourth-order valence-electron chi connectivity index (χ4n) is 3.91. The van der Waals surface area contributed by atoms with Crippen LogP contribution in [0.1, 0.15) is 44.8 Å². The first-order valence-electron chi connectivity index (χ1n) is 11.8. The van der Waals surface area contributed by atoms with Gasteiger partial charge < -0.3 is 9.47 Å². The van der Waals surface area contributed by atoms with Crippen molar-refractivity contribution in [2.24, 2.45) is 10.1 Å². The molecular weight excluding hydrogens is 528 g/mol. The number of unbranched alkanes of at least 4 members (excludes halogenated alkanes) is 2. The molecule has 0 fully saturated rings. The summed E-state index contributed by atoms with van der Waals surface area (Å²) in [6.45, 7) is 8.65. The third-order valence-corrected chi connectivity index (χ3v) is 7.02. The summed E-state index contributed by atoms with van der Waals surface area (Å²) in [6.07, 6.45) is 4.51. The zero-order chi connectivity index (χ0) is 24.8. The van der Waals surface area contributed by atoms with Crippen LogP contribution in [0, 0.1) is 0 Å². The summed E-state index contributed by atoms with van der Waals surface area (Å²) in [6, 6.07) is 11.5. The lowest BCUT2D eigenvalue weighted by Crippen LogP contribution is -2.50. The molecule has 0 bridgehead atoms. The van der Waals surface area contributed by atoms with Crippen molar-refractivity contribution >= 4 is 44.5 Å². The number of rotatable bonds is 10. The van der Waals surface area contributed by atoms with Crippen LogP contribution in [0.25, 0.3) is 5.70 Å². The normalized spacial score (nSPS) is 16.5. The summed E-state index contributed by atoms with van der Waals surface area (Å²) in [5.41, 5.74) is 1.31. The molecule has 2 aromatic rings. The molecule has 35 heavy (non-hydrogen) atoms. The maximum atomic E-state index is 13.3. The van der Waals surface area contributed by atoms with Crippen LogP contribution in [0.3, 0.4) is 0 Å². The number of nitrogens with one attached hydrogen (secondary N) is 1.